The third-order valence-corrected chi connectivity index (χ3v) is 10.3. The lowest BCUT2D eigenvalue weighted by molar-refractivity contribution is -0.163. The first kappa shape index (κ1) is 18.8. The van der Waals surface area contributed by atoms with E-state index in [1.807, 2.05) is 0 Å². The van der Waals surface area contributed by atoms with Crippen molar-refractivity contribution >= 4 is 0 Å². The molecule has 4 saturated carbocycles. The second-order valence-electron chi connectivity index (χ2n) is 11.3. The minimum absolute atomic E-state index is 0.0738. The van der Waals surface area contributed by atoms with Gasteiger partial charge in [0.05, 0.1) is 18.3 Å². The molecule has 0 aromatic carbocycles. The van der Waals surface area contributed by atoms with Gasteiger partial charge in [0.1, 0.15) is 0 Å². The first-order valence-corrected chi connectivity index (χ1v) is 11.6. The number of aliphatic hydroxyl groups is 3. The number of likely N-dealkylation sites (tertiary alicyclic amines) is 1. The highest BCUT2D eigenvalue weighted by Crippen LogP contribution is 2.66. The minimum Gasteiger partial charge on any atom is -0.391 e. The molecule has 154 valence electrons. The summed E-state index contributed by atoms with van der Waals surface area (Å²) in [5.41, 5.74) is 0.240. The molecule has 3 N–H and O–H groups in total. The molecular weight excluding hydrogens is 338 g/mol. The summed E-state index contributed by atoms with van der Waals surface area (Å²) in [7, 11) is 0. The number of fused-ring (bicyclic) bond motifs is 5. The summed E-state index contributed by atoms with van der Waals surface area (Å²) in [6.07, 6.45) is 8.81. The van der Waals surface area contributed by atoms with Crippen molar-refractivity contribution in [3.8, 4) is 0 Å². The van der Waals surface area contributed by atoms with Crippen molar-refractivity contribution in [2.45, 2.75) is 96.0 Å². The second-order valence-corrected chi connectivity index (χ2v) is 11.3. The molecule has 0 amide bonds. The Morgan fingerprint density at radius 3 is 2.30 bits per heavy atom. The maximum Gasteiger partial charge on any atom is 0.0804 e. The molecule has 4 aliphatic carbocycles. The predicted octanol–water partition coefficient (Wildman–Crippen LogP) is 2.80. The number of hydrogen-bond acceptors (Lipinski definition) is 4. The van der Waals surface area contributed by atoms with E-state index in [4.69, 9.17) is 0 Å². The van der Waals surface area contributed by atoms with E-state index in [9.17, 15) is 15.3 Å². The summed E-state index contributed by atoms with van der Waals surface area (Å²) >= 11 is 0. The summed E-state index contributed by atoms with van der Waals surface area (Å²) in [4.78, 5) is 2.58. The molecule has 1 aliphatic heterocycles. The normalized spacial score (nSPS) is 58.6. The molecule has 0 spiro atoms. The third-order valence-electron chi connectivity index (χ3n) is 10.3. The van der Waals surface area contributed by atoms with Crippen LogP contribution in [0.5, 0.6) is 0 Å². The standard InChI is InChI=1S/C23H39NO3/c1-22-8-7-16-15(6-5-14-11-19(25)20(26)13-23(14,16)2)17(22)12-18(21(22)27)24-9-3-4-10-24/h14-21,25-27H,3-13H2,1-2H3/t14?,15?,16?,17?,18-,19?,20?,21-,22-,23-/m0/s1. The quantitative estimate of drug-likeness (QED) is 0.657. The highest BCUT2D eigenvalue weighted by Gasteiger charge is 2.63. The van der Waals surface area contributed by atoms with E-state index in [-0.39, 0.29) is 16.9 Å². The molecule has 1 heterocycles. The van der Waals surface area contributed by atoms with Gasteiger partial charge in [0.2, 0.25) is 0 Å². The zero-order valence-electron chi connectivity index (χ0n) is 17.2. The van der Waals surface area contributed by atoms with E-state index in [0.29, 0.717) is 29.7 Å². The Balaban J connectivity index is 1.42. The first-order valence-electron chi connectivity index (χ1n) is 11.6. The molecule has 4 nitrogen and oxygen atoms in total. The van der Waals surface area contributed by atoms with E-state index in [2.05, 4.69) is 18.7 Å². The van der Waals surface area contributed by atoms with Crippen LogP contribution in [0.1, 0.15) is 71.6 Å². The van der Waals surface area contributed by atoms with Gasteiger partial charge in [-0.3, -0.25) is 4.90 Å². The smallest absolute Gasteiger partial charge is 0.0804 e. The van der Waals surface area contributed by atoms with Crippen LogP contribution >= 0.6 is 0 Å². The lowest BCUT2D eigenvalue weighted by atomic mass is 9.45. The van der Waals surface area contributed by atoms with Crippen LogP contribution in [0.2, 0.25) is 0 Å². The predicted molar refractivity (Wildman–Crippen MR) is 105 cm³/mol. The molecule has 0 aromatic heterocycles. The van der Waals surface area contributed by atoms with Crippen LogP contribution in [0.4, 0.5) is 0 Å². The van der Waals surface area contributed by atoms with Crippen LogP contribution in [0.15, 0.2) is 0 Å². The maximum atomic E-state index is 11.4. The Hall–Kier alpha value is -0.160. The summed E-state index contributed by atoms with van der Waals surface area (Å²) < 4.78 is 0. The van der Waals surface area contributed by atoms with Crippen molar-refractivity contribution in [2.75, 3.05) is 13.1 Å². The third kappa shape index (κ3) is 2.62. The van der Waals surface area contributed by atoms with Gasteiger partial charge in [0.25, 0.3) is 0 Å². The van der Waals surface area contributed by atoms with Crippen LogP contribution in [-0.4, -0.2) is 57.7 Å². The van der Waals surface area contributed by atoms with Crippen molar-refractivity contribution in [1.82, 2.24) is 4.90 Å². The molecule has 5 fully saturated rings. The number of rotatable bonds is 1. The fourth-order valence-electron chi connectivity index (χ4n) is 8.68. The Labute approximate surface area is 164 Å². The van der Waals surface area contributed by atoms with E-state index in [1.165, 1.54) is 51.6 Å². The molecule has 5 rings (SSSR count). The van der Waals surface area contributed by atoms with Gasteiger partial charge in [-0.2, -0.15) is 0 Å². The molecule has 10 atom stereocenters. The van der Waals surface area contributed by atoms with Gasteiger partial charge >= 0.3 is 0 Å². The van der Waals surface area contributed by atoms with Crippen molar-refractivity contribution in [1.29, 1.82) is 0 Å². The highest BCUT2D eigenvalue weighted by molar-refractivity contribution is 5.13. The molecule has 27 heavy (non-hydrogen) atoms. The van der Waals surface area contributed by atoms with E-state index in [1.54, 1.807) is 0 Å². The topological polar surface area (TPSA) is 63.9 Å². The zero-order chi connectivity index (χ0) is 19.0. The largest absolute Gasteiger partial charge is 0.391 e. The van der Waals surface area contributed by atoms with E-state index < -0.39 is 12.2 Å². The SMILES string of the molecule is C[C@]12CC(O)C(O)CC1CCC1C2CC[C@@]2(C)C1C[C@H](N1CCCC1)[C@@H]2O. The Morgan fingerprint density at radius 1 is 0.815 bits per heavy atom. The highest BCUT2D eigenvalue weighted by atomic mass is 16.3. The molecule has 0 aromatic rings. The lowest BCUT2D eigenvalue weighted by Gasteiger charge is -2.61. The lowest BCUT2D eigenvalue weighted by Crippen LogP contribution is -2.57. The Bertz CT molecular complexity index is 578. The monoisotopic (exact) mass is 377 g/mol. The van der Waals surface area contributed by atoms with Gasteiger partial charge in [-0.05, 0) is 105 Å². The molecule has 4 heteroatoms. The van der Waals surface area contributed by atoms with Gasteiger partial charge in [-0.15, -0.1) is 0 Å². The van der Waals surface area contributed by atoms with Crippen molar-refractivity contribution in [3.05, 3.63) is 0 Å². The number of hydrogen-bond donors (Lipinski definition) is 3. The number of nitrogens with zero attached hydrogens (tertiary/aromatic N) is 1. The number of aliphatic hydroxyl groups excluding tert-OH is 3. The van der Waals surface area contributed by atoms with E-state index >= 15 is 0 Å². The van der Waals surface area contributed by atoms with Gasteiger partial charge in [-0.25, -0.2) is 0 Å². The maximum absolute atomic E-state index is 11.4. The molecule has 5 aliphatic rings. The summed E-state index contributed by atoms with van der Waals surface area (Å²) in [5, 5.41) is 32.0. The molecule has 0 radical (unpaired) electrons. The van der Waals surface area contributed by atoms with E-state index in [0.717, 1.165) is 19.3 Å². The molecular formula is C23H39NO3. The molecule has 0 bridgehead atoms. The Kier molecular flexibility index (Phi) is 4.48. The van der Waals surface area contributed by atoms with Crippen molar-refractivity contribution < 1.29 is 15.3 Å². The van der Waals surface area contributed by atoms with Crippen LogP contribution in [0.25, 0.3) is 0 Å². The second kappa shape index (κ2) is 6.42. The van der Waals surface area contributed by atoms with Gasteiger partial charge in [0, 0.05) is 6.04 Å². The van der Waals surface area contributed by atoms with Gasteiger partial charge in [-0.1, -0.05) is 13.8 Å². The average molecular weight is 378 g/mol. The molecule has 6 unspecified atom stereocenters. The first-order chi connectivity index (χ1) is 12.8. The summed E-state index contributed by atoms with van der Waals surface area (Å²) in [5.74, 6) is 2.52. The summed E-state index contributed by atoms with van der Waals surface area (Å²) in [6.45, 7) is 7.13. The van der Waals surface area contributed by atoms with Crippen LogP contribution in [-0.2, 0) is 0 Å². The zero-order valence-corrected chi connectivity index (χ0v) is 17.2. The van der Waals surface area contributed by atoms with Crippen molar-refractivity contribution in [2.24, 2.45) is 34.5 Å². The van der Waals surface area contributed by atoms with Crippen LogP contribution in [0, 0.1) is 34.5 Å². The minimum atomic E-state index is -0.551. The average Bonchev–Trinajstić information content (AvgIpc) is 3.24. The summed E-state index contributed by atoms with van der Waals surface area (Å²) in [6, 6.07) is 0.366. The van der Waals surface area contributed by atoms with Gasteiger partial charge < -0.3 is 15.3 Å². The van der Waals surface area contributed by atoms with Crippen LogP contribution < -0.4 is 0 Å². The fourth-order valence-corrected chi connectivity index (χ4v) is 8.68. The van der Waals surface area contributed by atoms with Gasteiger partial charge in [0.15, 0.2) is 0 Å². The fraction of sp³-hybridized carbons (Fsp3) is 1.00. The molecule has 1 saturated heterocycles. The Morgan fingerprint density at radius 2 is 1.56 bits per heavy atom. The van der Waals surface area contributed by atoms with Crippen LogP contribution in [0.3, 0.4) is 0 Å². The van der Waals surface area contributed by atoms with Crippen molar-refractivity contribution in [3.63, 3.8) is 0 Å².